The molecule has 6 heteroatoms. The van der Waals surface area contributed by atoms with Gasteiger partial charge in [0.2, 0.25) is 0 Å². The fraction of sp³-hybridized carbons (Fsp3) is 0. The summed E-state index contributed by atoms with van der Waals surface area (Å²) in [6.07, 6.45) is 0. The SMILES string of the molecule is O=[N+]([O-])O.[SiH4].[W]. The molecule has 0 unspecified atom stereocenters. The largest absolute Gasteiger partial charge is 0.328 e. The van der Waals surface area contributed by atoms with Gasteiger partial charge < -0.3 is 5.21 Å². The molecular formula is H5NO3SiW. The van der Waals surface area contributed by atoms with E-state index in [4.69, 9.17) is 15.3 Å². The van der Waals surface area contributed by atoms with Gasteiger partial charge in [0.15, 0.2) is 0 Å². The number of hydrogen-bond acceptors (Lipinski definition) is 2. The minimum absolute atomic E-state index is 0. The van der Waals surface area contributed by atoms with Crippen molar-refractivity contribution < 1.29 is 31.4 Å². The zero-order chi connectivity index (χ0) is 3.58. The molecule has 0 aromatic heterocycles. The first-order valence-corrected chi connectivity index (χ1v) is 0.565. The van der Waals surface area contributed by atoms with E-state index in [0.717, 1.165) is 0 Å². The van der Waals surface area contributed by atoms with Crippen LogP contribution in [0.1, 0.15) is 0 Å². The minimum Gasteiger partial charge on any atom is -0.328 e. The molecule has 0 amide bonds. The van der Waals surface area contributed by atoms with E-state index in [1.54, 1.807) is 0 Å². The van der Waals surface area contributed by atoms with Crippen LogP contribution in [0.15, 0.2) is 0 Å². The van der Waals surface area contributed by atoms with Crippen LogP contribution in [-0.4, -0.2) is 21.3 Å². The van der Waals surface area contributed by atoms with E-state index in [-0.39, 0.29) is 32.0 Å². The topological polar surface area (TPSA) is 63.4 Å². The van der Waals surface area contributed by atoms with Crippen LogP contribution in [-0.2, 0) is 21.1 Å². The van der Waals surface area contributed by atoms with Crippen molar-refractivity contribution in [1.82, 2.24) is 0 Å². The van der Waals surface area contributed by atoms with Crippen LogP contribution in [0.2, 0.25) is 0 Å². The summed E-state index contributed by atoms with van der Waals surface area (Å²) in [5.41, 5.74) is 0. The normalized spacial score (nSPS) is 4.00. The van der Waals surface area contributed by atoms with E-state index >= 15 is 0 Å². The molecule has 4 nitrogen and oxygen atoms in total. The van der Waals surface area contributed by atoms with Crippen molar-refractivity contribution in [3.8, 4) is 0 Å². The van der Waals surface area contributed by atoms with E-state index in [0.29, 0.717) is 0 Å². The maximum atomic E-state index is 8.36. The van der Waals surface area contributed by atoms with Gasteiger partial charge in [-0.05, 0) is 11.0 Å². The Balaban J connectivity index is -0.0000000450. The maximum absolute atomic E-state index is 8.36. The molecule has 0 aromatic rings. The molecule has 0 aliphatic heterocycles. The third kappa shape index (κ3) is 3580. The number of nitrogens with zero attached hydrogens (tertiary/aromatic N) is 1. The molecule has 0 heterocycles. The van der Waals surface area contributed by atoms with E-state index in [9.17, 15) is 0 Å². The molecule has 0 aliphatic rings. The number of hydrogen-bond donors (Lipinski definition) is 1. The van der Waals surface area contributed by atoms with E-state index in [2.05, 4.69) is 0 Å². The minimum atomic E-state index is -1.50. The first-order chi connectivity index (χ1) is 1.73. The van der Waals surface area contributed by atoms with Crippen molar-refractivity contribution in [2.45, 2.75) is 0 Å². The molecule has 38 valence electrons. The van der Waals surface area contributed by atoms with Crippen LogP contribution in [0, 0.1) is 10.1 Å². The van der Waals surface area contributed by atoms with Crippen molar-refractivity contribution >= 4 is 11.0 Å². The number of rotatable bonds is 0. The average Bonchev–Trinajstić information content (AvgIpc) is 0.811. The van der Waals surface area contributed by atoms with Crippen LogP contribution < -0.4 is 0 Å². The summed E-state index contributed by atoms with van der Waals surface area (Å²) >= 11 is 0. The standard InChI is InChI=1S/HNO3.H4Si.W/c2-1(3)4;;/h(H,2,3,4);1H4;. The zero-order valence-corrected chi connectivity index (χ0v) is 5.05. The van der Waals surface area contributed by atoms with Crippen LogP contribution in [0.4, 0.5) is 0 Å². The molecule has 1 N–H and O–H groups in total. The van der Waals surface area contributed by atoms with Gasteiger partial charge in [-0.3, -0.25) is 0 Å². The van der Waals surface area contributed by atoms with E-state index in [1.807, 2.05) is 0 Å². The Kier molecular flexibility index (Phi) is 24.5. The van der Waals surface area contributed by atoms with Crippen LogP contribution in [0.25, 0.3) is 0 Å². The van der Waals surface area contributed by atoms with Crippen molar-refractivity contribution in [2.75, 3.05) is 0 Å². The van der Waals surface area contributed by atoms with Gasteiger partial charge in [-0.25, -0.2) is 0 Å². The molecule has 0 saturated heterocycles. The zero-order valence-electron chi connectivity index (χ0n) is 2.12. The van der Waals surface area contributed by atoms with Crippen molar-refractivity contribution in [2.24, 2.45) is 0 Å². The van der Waals surface area contributed by atoms with Gasteiger partial charge in [0.05, 0.1) is 0 Å². The quantitative estimate of drug-likeness (QED) is 0.323. The van der Waals surface area contributed by atoms with Crippen LogP contribution in [0.3, 0.4) is 0 Å². The van der Waals surface area contributed by atoms with Gasteiger partial charge >= 0.3 is 0 Å². The molecule has 0 aromatic carbocycles. The van der Waals surface area contributed by atoms with Crippen LogP contribution in [0.5, 0.6) is 0 Å². The third-order valence-corrected chi connectivity index (χ3v) is 0. The van der Waals surface area contributed by atoms with Gasteiger partial charge in [-0.1, -0.05) is 0 Å². The Morgan fingerprint density at radius 1 is 1.67 bits per heavy atom. The first kappa shape index (κ1) is 16.5. The molecular weight excluding hydrogens is 274 g/mol. The van der Waals surface area contributed by atoms with Gasteiger partial charge in [0.25, 0.3) is 5.09 Å². The third-order valence-electron chi connectivity index (χ3n) is 0. The Bertz CT molecular complexity index is 33.8. The van der Waals surface area contributed by atoms with E-state index < -0.39 is 5.09 Å². The average molecular weight is 279 g/mol. The molecule has 0 aliphatic carbocycles. The Morgan fingerprint density at radius 3 is 1.67 bits per heavy atom. The van der Waals surface area contributed by atoms with Gasteiger partial charge in [0.1, 0.15) is 0 Å². The fourth-order valence-corrected chi connectivity index (χ4v) is 0. The molecule has 0 radical (unpaired) electrons. The predicted octanol–water partition coefficient (Wildman–Crippen LogP) is -1.80. The Hall–Kier alpha value is 0.105. The summed E-state index contributed by atoms with van der Waals surface area (Å²) in [5.74, 6) is 0. The molecule has 0 spiro atoms. The summed E-state index contributed by atoms with van der Waals surface area (Å²) in [7, 11) is 0. The molecule has 0 rings (SSSR count). The maximum Gasteiger partial charge on any atom is 0.291 e. The fourth-order valence-electron chi connectivity index (χ4n) is 0. The van der Waals surface area contributed by atoms with Gasteiger partial charge in [0, 0.05) is 21.1 Å². The van der Waals surface area contributed by atoms with Crippen molar-refractivity contribution in [3.05, 3.63) is 10.1 Å². The second kappa shape index (κ2) is 8.92. The van der Waals surface area contributed by atoms with Crippen molar-refractivity contribution in [1.29, 1.82) is 0 Å². The summed E-state index contributed by atoms with van der Waals surface area (Å²) in [6, 6.07) is 0. The second-order valence-corrected chi connectivity index (χ2v) is 0.238. The summed E-state index contributed by atoms with van der Waals surface area (Å²) in [6.45, 7) is 0. The summed E-state index contributed by atoms with van der Waals surface area (Å²) in [4.78, 5) is 8.36. The molecule has 0 bridgehead atoms. The monoisotopic (exact) mass is 279 g/mol. The molecule has 6 heavy (non-hydrogen) atoms. The predicted molar refractivity (Wildman–Crippen MR) is 20.1 cm³/mol. The Morgan fingerprint density at radius 2 is 1.67 bits per heavy atom. The molecule has 0 saturated carbocycles. The van der Waals surface area contributed by atoms with Crippen molar-refractivity contribution in [3.63, 3.8) is 0 Å². The smallest absolute Gasteiger partial charge is 0.291 e. The second-order valence-electron chi connectivity index (χ2n) is 0.238. The van der Waals surface area contributed by atoms with Crippen LogP contribution >= 0.6 is 0 Å². The van der Waals surface area contributed by atoms with Gasteiger partial charge in [-0.2, -0.15) is 0 Å². The molecule has 0 atom stereocenters. The van der Waals surface area contributed by atoms with Gasteiger partial charge in [-0.15, -0.1) is 10.1 Å². The summed E-state index contributed by atoms with van der Waals surface area (Å²) in [5, 5.41) is 13.6. The first-order valence-electron chi connectivity index (χ1n) is 0.565. The van der Waals surface area contributed by atoms with E-state index in [1.165, 1.54) is 0 Å². The summed E-state index contributed by atoms with van der Waals surface area (Å²) < 4.78 is 0. The molecule has 0 fully saturated rings. The Labute approximate surface area is 52.9 Å².